The number of hydrogen-bond donors (Lipinski definition) is 3. The van der Waals surface area contributed by atoms with E-state index in [1.807, 2.05) is 0 Å². The standard InChI is InChI=1S/C17H14N2O6S2/c1-26(21,22)14-7-8-15-11(10-14)2-9-16(20)17(15)19-18-12-3-5-13(6-4-12)27(23,24)25/h2-10,20H,1H2,(H,21,22)(H,23,24,25). The second kappa shape index (κ2) is 6.74. The Morgan fingerprint density at radius 1 is 0.815 bits per heavy atom. The summed E-state index contributed by atoms with van der Waals surface area (Å²) in [5, 5.41) is 19.1. The number of fused-ring (bicyclic) bond motifs is 1. The Morgan fingerprint density at radius 3 is 2.04 bits per heavy atom. The summed E-state index contributed by atoms with van der Waals surface area (Å²) in [5.41, 5.74) is 0.443. The molecule has 0 amide bonds. The maximum atomic E-state index is 11.7. The van der Waals surface area contributed by atoms with Gasteiger partial charge in [0.25, 0.3) is 10.1 Å². The van der Waals surface area contributed by atoms with E-state index in [0.29, 0.717) is 16.5 Å². The van der Waals surface area contributed by atoms with E-state index in [2.05, 4.69) is 16.1 Å². The van der Waals surface area contributed by atoms with E-state index in [4.69, 9.17) is 4.55 Å². The minimum atomic E-state index is -4.30. The number of hydrogen-bond acceptors (Lipinski definition) is 6. The molecule has 3 aromatic carbocycles. The first-order valence-electron chi connectivity index (χ1n) is 7.40. The molecule has 140 valence electrons. The topological polar surface area (TPSA) is 137 Å². The summed E-state index contributed by atoms with van der Waals surface area (Å²) in [5.74, 6) is 3.07. The summed E-state index contributed by atoms with van der Waals surface area (Å²) >= 11 is 0. The van der Waals surface area contributed by atoms with Crippen molar-refractivity contribution in [2.75, 3.05) is 0 Å². The van der Waals surface area contributed by atoms with E-state index in [-0.39, 0.29) is 21.2 Å². The van der Waals surface area contributed by atoms with Crippen LogP contribution in [0.5, 0.6) is 5.75 Å². The third-order valence-electron chi connectivity index (χ3n) is 3.71. The van der Waals surface area contributed by atoms with Crippen LogP contribution in [0.4, 0.5) is 11.4 Å². The van der Waals surface area contributed by atoms with Gasteiger partial charge in [-0.1, -0.05) is 12.1 Å². The van der Waals surface area contributed by atoms with E-state index in [1.54, 1.807) is 6.07 Å². The molecule has 10 heteroatoms. The zero-order valence-corrected chi connectivity index (χ0v) is 15.3. The van der Waals surface area contributed by atoms with Crippen LogP contribution in [-0.4, -0.2) is 32.7 Å². The lowest BCUT2D eigenvalue weighted by Crippen LogP contribution is -1.97. The van der Waals surface area contributed by atoms with Crippen LogP contribution in [0.15, 0.2) is 74.6 Å². The molecule has 3 aromatic rings. The SMILES string of the molecule is C=S(=O)(O)c1ccc2c(N=Nc3ccc(S(=O)(=O)O)cc3)c(O)ccc2c1. The van der Waals surface area contributed by atoms with E-state index >= 15 is 0 Å². The Balaban J connectivity index is 2.03. The largest absolute Gasteiger partial charge is 0.506 e. The van der Waals surface area contributed by atoms with Crippen LogP contribution in [0.25, 0.3) is 10.8 Å². The van der Waals surface area contributed by atoms with Gasteiger partial charge in [-0.2, -0.15) is 13.5 Å². The van der Waals surface area contributed by atoms with Crippen molar-refractivity contribution in [1.29, 1.82) is 0 Å². The van der Waals surface area contributed by atoms with Crippen molar-refractivity contribution < 1.29 is 26.8 Å². The van der Waals surface area contributed by atoms with Crippen molar-refractivity contribution in [2.45, 2.75) is 9.79 Å². The highest BCUT2D eigenvalue weighted by Gasteiger charge is 2.11. The molecule has 0 saturated heterocycles. The lowest BCUT2D eigenvalue weighted by Gasteiger charge is -2.07. The van der Waals surface area contributed by atoms with Crippen LogP contribution in [0, 0.1) is 0 Å². The van der Waals surface area contributed by atoms with Crippen molar-refractivity contribution in [3.05, 3.63) is 54.6 Å². The molecule has 0 fully saturated rings. The zero-order valence-electron chi connectivity index (χ0n) is 13.7. The van der Waals surface area contributed by atoms with Gasteiger partial charge in [-0.05, 0) is 53.7 Å². The lowest BCUT2D eigenvalue weighted by molar-refractivity contribution is 0.477. The number of aromatic hydroxyl groups is 1. The fourth-order valence-electron chi connectivity index (χ4n) is 2.38. The molecule has 0 aromatic heterocycles. The minimum Gasteiger partial charge on any atom is -0.506 e. The van der Waals surface area contributed by atoms with Gasteiger partial charge in [-0.25, -0.2) is 4.21 Å². The first kappa shape index (κ1) is 19.0. The number of nitrogens with zero attached hydrogens (tertiary/aromatic N) is 2. The highest BCUT2D eigenvalue weighted by Crippen LogP contribution is 2.37. The van der Waals surface area contributed by atoms with Crippen LogP contribution in [0.1, 0.15) is 0 Å². The first-order valence-corrected chi connectivity index (χ1v) is 10.5. The molecule has 1 atom stereocenters. The van der Waals surface area contributed by atoms with Gasteiger partial charge >= 0.3 is 0 Å². The molecule has 8 nitrogen and oxygen atoms in total. The average molecular weight is 406 g/mol. The van der Waals surface area contributed by atoms with Gasteiger partial charge in [-0.3, -0.25) is 4.55 Å². The highest BCUT2D eigenvalue weighted by molar-refractivity contribution is 7.95. The second-order valence-corrected chi connectivity index (χ2v) is 8.80. The molecule has 0 aliphatic carbocycles. The molecule has 0 spiro atoms. The third kappa shape index (κ3) is 4.14. The van der Waals surface area contributed by atoms with Crippen LogP contribution in [0.2, 0.25) is 0 Å². The van der Waals surface area contributed by atoms with Gasteiger partial charge in [0, 0.05) is 5.39 Å². The van der Waals surface area contributed by atoms with Gasteiger partial charge in [-0.15, -0.1) is 5.11 Å². The molecular weight excluding hydrogens is 392 g/mol. The third-order valence-corrected chi connectivity index (χ3v) is 5.57. The Hall–Kier alpha value is -2.79. The van der Waals surface area contributed by atoms with Crippen molar-refractivity contribution in [2.24, 2.45) is 10.2 Å². The summed E-state index contributed by atoms with van der Waals surface area (Å²) in [7, 11) is -7.67. The van der Waals surface area contributed by atoms with E-state index in [9.17, 15) is 22.3 Å². The maximum Gasteiger partial charge on any atom is 0.294 e. The fourth-order valence-corrected chi connectivity index (χ4v) is 3.45. The Kier molecular flexibility index (Phi) is 4.74. The minimum absolute atomic E-state index is 0.143. The van der Waals surface area contributed by atoms with Crippen molar-refractivity contribution in [3.63, 3.8) is 0 Å². The molecule has 3 rings (SSSR count). The summed E-state index contributed by atoms with van der Waals surface area (Å²) in [6.07, 6.45) is 0. The van der Waals surface area contributed by atoms with Gasteiger partial charge in [0.15, 0.2) is 0 Å². The van der Waals surface area contributed by atoms with Gasteiger partial charge in [0.1, 0.15) is 21.2 Å². The maximum absolute atomic E-state index is 11.7. The van der Waals surface area contributed by atoms with Crippen LogP contribution < -0.4 is 0 Å². The molecule has 0 heterocycles. The number of azo groups is 1. The normalized spacial score (nSPS) is 14.4. The quantitative estimate of drug-likeness (QED) is 0.343. The van der Waals surface area contributed by atoms with Gasteiger partial charge < -0.3 is 9.66 Å². The molecule has 0 bridgehead atoms. The zero-order chi connectivity index (χ0) is 19.8. The number of rotatable bonds is 4. The van der Waals surface area contributed by atoms with Crippen molar-refractivity contribution in [1.82, 2.24) is 0 Å². The Labute approximate surface area is 155 Å². The Bertz CT molecular complexity index is 1260. The van der Waals surface area contributed by atoms with Crippen molar-refractivity contribution in [3.8, 4) is 5.75 Å². The van der Waals surface area contributed by atoms with Crippen LogP contribution in [-0.2, 0) is 19.9 Å². The Morgan fingerprint density at radius 2 is 1.44 bits per heavy atom. The summed E-state index contributed by atoms with van der Waals surface area (Å²) in [6.45, 7) is 0. The lowest BCUT2D eigenvalue weighted by atomic mass is 10.1. The average Bonchev–Trinajstić information content (AvgIpc) is 2.59. The molecule has 0 saturated carbocycles. The predicted molar refractivity (Wildman–Crippen MR) is 102 cm³/mol. The molecule has 1 unspecified atom stereocenters. The first-order chi connectivity index (χ1) is 12.6. The van der Waals surface area contributed by atoms with Gasteiger partial charge in [0.05, 0.1) is 15.5 Å². The fraction of sp³-hybridized carbons (Fsp3) is 0. The van der Waals surface area contributed by atoms with E-state index in [1.165, 1.54) is 48.5 Å². The van der Waals surface area contributed by atoms with Crippen molar-refractivity contribution >= 4 is 47.9 Å². The predicted octanol–water partition coefficient (Wildman–Crippen LogP) is 3.76. The molecule has 0 aliphatic rings. The summed E-state index contributed by atoms with van der Waals surface area (Å²) < 4.78 is 52.3. The number of phenolic OH excluding ortho intramolecular Hbond substituents is 1. The van der Waals surface area contributed by atoms with Gasteiger partial charge in [0.2, 0.25) is 0 Å². The monoisotopic (exact) mass is 406 g/mol. The molecule has 3 N–H and O–H groups in total. The highest BCUT2D eigenvalue weighted by atomic mass is 32.2. The van der Waals surface area contributed by atoms with E-state index in [0.717, 1.165) is 0 Å². The summed E-state index contributed by atoms with van der Waals surface area (Å²) in [6, 6.07) is 12.4. The molecular formula is C17H14N2O6S2. The second-order valence-electron chi connectivity index (χ2n) is 5.63. The molecule has 0 radical (unpaired) electrons. The molecule has 0 aliphatic heterocycles. The smallest absolute Gasteiger partial charge is 0.294 e. The molecule has 27 heavy (non-hydrogen) atoms. The number of phenols is 1. The summed E-state index contributed by atoms with van der Waals surface area (Å²) in [4.78, 5) is -0.132. The van der Waals surface area contributed by atoms with Crippen LogP contribution >= 0.6 is 0 Å². The number of benzene rings is 3. The van der Waals surface area contributed by atoms with Crippen LogP contribution in [0.3, 0.4) is 0 Å². The van der Waals surface area contributed by atoms with E-state index < -0.39 is 19.9 Å².